The fraction of sp³-hybridized carbons (Fsp3) is 0.483. The number of hydrogen-bond acceptors (Lipinski definition) is 7. The molecule has 2 aromatic carbocycles. The van der Waals surface area contributed by atoms with E-state index in [1.807, 2.05) is 6.07 Å². The van der Waals surface area contributed by atoms with Crippen molar-refractivity contribution in [1.82, 2.24) is 0 Å². The largest absolute Gasteiger partial charge is 0.497 e. The highest BCUT2D eigenvalue weighted by molar-refractivity contribution is 6.05. The van der Waals surface area contributed by atoms with Crippen LogP contribution in [-0.2, 0) is 14.4 Å². The summed E-state index contributed by atoms with van der Waals surface area (Å²) in [5.41, 5.74) is -2.18. The molecule has 37 heavy (non-hydrogen) atoms. The summed E-state index contributed by atoms with van der Waals surface area (Å²) < 4.78 is 10.5. The molecule has 0 aromatic heterocycles. The number of ether oxygens (including phenoxy) is 2. The lowest BCUT2D eigenvalue weighted by Crippen LogP contribution is -2.70. The third-order valence-electron chi connectivity index (χ3n) is 7.98. The molecule has 1 N–H and O–H groups in total. The number of benzene rings is 2. The maximum atomic E-state index is 13.8. The number of aliphatic hydroxyl groups is 1. The Kier molecular flexibility index (Phi) is 7.83. The monoisotopic (exact) mass is 510 g/mol. The van der Waals surface area contributed by atoms with E-state index in [-0.39, 0.29) is 29.9 Å². The van der Waals surface area contributed by atoms with Crippen LogP contribution >= 0.6 is 0 Å². The SMILES string of the molecule is COc1ccc(C(=O)C2(O)CCCCC2C(=O)O[N+]2(C(C)(C)C(=O)c3ccccc3)CCOCC2)cc1. The van der Waals surface area contributed by atoms with Crippen molar-refractivity contribution in [3.05, 3.63) is 65.7 Å². The van der Waals surface area contributed by atoms with Crippen LogP contribution in [0.2, 0.25) is 0 Å². The molecule has 0 spiro atoms. The summed E-state index contributed by atoms with van der Waals surface area (Å²) in [7, 11) is 1.53. The van der Waals surface area contributed by atoms with E-state index >= 15 is 0 Å². The van der Waals surface area contributed by atoms with Crippen molar-refractivity contribution in [2.24, 2.45) is 5.92 Å². The molecule has 8 heteroatoms. The molecule has 1 aliphatic heterocycles. The van der Waals surface area contributed by atoms with Gasteiger partial charge in [0, 0.05) is 25.0 Å². The maximum absolute atomic E-state index is 13.8. The van der Waals surface area contributed by atoms with Gasteiger partial charge in [0.15, 0.2) is 11.3 Å². The highest BCUT2D eigenvalue weighted by Crippen LogP contribution is 2.40. The predicted octanol–water partition coefficient (Wildman–Crippen LogP) is 3.77. The number of hydrogen-bond donors (Lipinski definition) is 1. The van der Waals surface area contributed by atoms with Crippen LogP contribution in [0.4, 0.5) is 0 Å². The Balaban J connectivity index is 1.63. The van der Waals surface area contributed by atoms with E-state index in [9.17, 15) is 19.5 Å². The first-order valence-electron chi connectivity index (χ1n) is 12.8. The molecule has 4 rings (SSSR count). The van der Waals surface area contributed by atoms with Gasteiger partial charge in [0.2, 0.25) is 5.78 Å². The van der Waals surface area contributed by atoms with Gasteiger partial charge in [0.05, 0.1) is 26.2 Å². The van der Waals surface area contributed by atoms with E-state index in [4.69, 9.17) is 14.3 Å². The van der Waals surface area contributed by atoms with Crippen LogP contribution in [0.15, 0.2) is 54.6 Å². The second kappa shape index (κ2) is 10.7. The summed E-state index contributed by atoms with van der Waals surface area (Å²) in [6, 6.07) is 15.4. The van der Waals surface area contributed by atoms with Crippen molar-refractivity contribution in [1.29, 1.82) is 0 Å². The average molecular weight is 511 g/mol. The molecular formula is C29H36NO7+. The van der Waals surface area contributed by atoms with Crippen LogP contribution < -0.4 is 4.74 Å². The third-order valence-corrected chi connectivity index (χ3v) is 7.98. The molecule has 1 saturated carbocycles. The second-order valence-electron chi connectivity index (χ2n) is 10.4. The van der Waals surface area contributed by atoms with E-state index in [0.717, 1.165) is 0 Å². The van der Waals surface area contributed by atoms with Crippen LogP contribution in [-0.4, -0.2) is 71.8 Å². The summed E-state index contributed by atoms with van der Waals surface area (Å²) in [5, 5.41) is 11.7. The standard InChI is InChI=1S/C29H36NO7/c1-28(2,25(31)21-9-5-4-6-10-21)30(17-19-36-20-18-30)37-27(33)24-11-7-8-16-29(24,34)26(32)22-12-14-23(35-3)15-13-22/h4-6,9-10,12-15,24,34H,7-8,11,16-20H2,1-3H3/q+1. The number of rotatable bonds is 8. The van der Waals surface area contributed by atoms with Crippen molar-refractivity contribution in [3.8, 4) is 5.75 Å². The van der Waals surface area contributed by atoms with E-state index < -0.39 is 28.8 Å². The number of nitrogens with zero attached hydrogens (tertiary/aromatic N) is 1. The quantitative estimate of drug-likeness (QED) is 0.426. The zero-order valence-electron chi connectivity index (χ0n) is 21.8. The number of quaternary nitrogens is 1. The Bertz CT molecular complexity index is 1120. The van der Waals surface area contributed by atoms with E-state index in [2.05, 4.69) is 0 Å². The number of morpholine rings is 1. The topological polar surface area (TPSA) is 99.1 Å². The Morgan fingerprint density at radius 1 is 0.973 bits per heavy atom. The fourth-order valence-corrected chi connectivity index (χ4v) is 5.50. The molecule has 1 saturated heterocycles. The lowest BCUT2D eigenvalue weighted by Gasteiger charge is -2.48. The summed E-state index contributed by atoms with van der Waals surface area (Å²) in [4.78, 5) is 47.2. The minimum atomic E-state index is -1.90. The van der Waals surface area contributed by atoms with Crippen LogP contribution in [0.1, 0.15) is 60.2 Å². The molecule has 0 amide bonds. The first kappa shape index (κ1) is 27.0. The Hall–Kier alpha value is -3.07. The Morgan fingerprint density at radius 3 is 2.24 bits per heavy atom. The third kappa shape index (κ3) is 5.06. The maximum Gasteiger partial charge on any atom is 0.373 e. The number of carbonyl (C=O) groups is 3. The number of Topliss-reactive ketones (excluding diaryl/α,β-unsaturated/α-hetero) is 2. The zero-order chi connectivity index (χ0) is 26.7. The van der Waals surface area contributed by atoms with Gasteiger partial charge in [-0.3, -0.25) is 14.4 Å². The van der Waals surface area contributed by atoms with Crippen molar-refractivity contribution in [2.45, 2.75) is 50.7 Å². The average Bonchev–Trinajstić information content (AvgIpc) is 2.93. The van der Waals surface area contributed by atoms with Crippen LogP contribution in [0.3, 0.4) is 0 Å². The molecule has 2 aromatic rings. The molecule has 2 aliphatic rings. The number of methoxy groups -OCH3 is 1. The summed E-state index contributed by atoms with van der Waals surface area (Å²) in [5.74, 6) is -1.79. The molecule has 0 bridgehead atoms. The van der Waals surface area contributed by atoms with Gasteiger partial charge in [-0.2, -0.15) is 0 Å². The molecule has 2 fully saturated rings. The van der Waals surface area contributed by atoms with Crippen molar-refractivity contribution < 1.29 is 38.4 Å². The first-order valence-corrected chi connectivity index (χ1v) is 12.8. The molecule has 0 radical (unpaired) electrons. The molecule has 2 atom stereocenters. The van der Waals surface area contributed by atoms with Gasteiger partial charge in [-0.25, -0.2) is 4.79 Å². The van der Waals surface area contributed by atoms with E-state index in [1.54, 1.807) is 62.4 Å². The number of hydroxylamine groups is 3. The van der Waals surface area contributed by atoms with Gasteiger partial charge < -0.3 is 14.6 Å². The van der Waals surface area contributed by atoms with Gasteiger partial charge in [0.25, 0.3) is 0 Å². The molecule has 8 nitrogen and oxygen atoms in total. The highest BCUT2D eigenvalue weighted by atomic mass is 16.8. The molecule has 1 heterocycles. The van der Waals surface area contributed by atoms with Gasteiger partial charge in [-0.1, -0.05) is 43.2 Å². The summed E-state index contributed by atoms with van der Waals surface area (Å²) in [6.45, 7) is 4.76. The normalized spacial score (nSPS) is 23.6. The van der Waals surface area contributed by atoms with Crippen molar-refractivity contribution in [2.75, 3.05) is 33.4 Å². The van der Waals surface area contributed by atoms with Gasteiger partial charge in [0.1, 0.15) is 24.4 Å². The Labute approximate surface area is 217 Å². The minimum absolute atomic E-state index is 0.156. The minimum Gasteiger partial charge on any atom is -0.497 e. The molecule has 2 unspecified atom stereocenters. The molecule has 198 valence electrons. The van der Waals surface area contributed by atoms with Gasteiger partial charge in [-0.05, 0) is 37.1 Å². The predicted molar refractivity (Wildman–Crippen MR) is 136 cm³/mol. The molecule has 1 aliphatic carbocycles. The van der Waals surface area contributed by atoms with E-state index in [0.29, 0.717) is 49.4 Å². The van der Waals surface area contributed by atoms with Crippen LogP contribution in [0.25, 0.3) is 0 Å². The van der Waals surface area contributed by atoms with E-state index in [1.165, 1.54) is 7.11 Å². The highest BCUT2D eigenvalue weighted by Gasteiger charge is 2.58. The zero-order valence-corrected chi connectivity index (χ0v) is 21.8. The fourth-order valence-electron chi connectivity index (χ4n) is 5.50. The van der Waals surface area contributed by atoms with Gasteiger partial charge >= 0.3 is 5.97 Å². The lowest BCUT2D eigenvalue weighted by molar-refractivity contribution is -1.12. The van der Waals surface area contributed by atoms with Crippen LogP contribution in [0.5, 0.6) is 5.75 Å². The molecular weight excluding hydrogens is 474 g/mol. The number of carbonyl (C=O) groups excluding carboxylic acids is 3. The van der Waals surface area contributed by atoms with Crippen LogP contribution in [0, 0.1) is 5.92 Å². The summed E-state index contributed by atoms with van der Waals surface area (Å²) >= 11 is 0. The lowest BCUT2D eigenvalue weighted by atomic mass is 9.71. The van der Waals surface area contributed by atoms with Crippen molar-refractivity contribution >= 4 is 17.5 Å². The van der Waals surface area contributed by atoms with Gasteiger partial charge in [-0.15, -0.1) is 4.65 Å². The number of ketones is 2. The first-order chi connectivity index (χ1) is 17.6. The Morgan fingerprint density at radius 2 is 1.62 bits per heavy atom. The summed E-state index contributed by atoms with van der Waals surface area (Å²) in [6.07, 6.45) is 1.79. The smallest absolute Gasteiger partial charge is 0.373 e. The van der Waals surface area contributed by atoms with Crippen molar-refractivity contribution in [3.63, 3.8) is 0 Å². The second-order valence-corrected chi connectivity index (χ2v) is 10.4.